The predicted octanol–water partition coefficient (Wildman–Crippen LogP) is -0.109. The molecule has 0 saturated heterocycles. The van der Waals surface area contributed by atoms with Crippen LogP contribution in [0.5, 0.6) is 0 Å². The Morgan fingerprint density at radius 1 is 1.00 bits per heavy atom. The molecule has 0 heterocycles. The van der Waals surface area contributed by atoms with E-state index >= 15 is 0 Å². The standard InChI is InChI=1S/C6H16N4/c1-8(2)6(7)10(5)9(3)4/h7H,1-5H3. The van der Waals surface area contributed by atoms with Crippen LogP contribution in [0.3, 0.4) is 0 Å². The first-order chi connectivity index (χ1) is 4.46. The molecule has 0 fully saturated rings. The number of rotatable bonds is 1. The molecule has 0 unspecified atom stereocenters. The number of hydrogen-bond acceptors (Lipinski definition) is 2. The summed E-state index contributed by atoms with van der Waals surface area (Å²) in [4.78, 5) is 1.75. The summed E-state index contributed by atoms with van der Waals surface area (Å²) in [6, 6.07) is 0. The van der Waals surface area contributed by atoms with Crippen molar-refractivity contribution in [2.24, 2.45) is 0 Å². The van der Waals surface area contributed by atoms with E-state index in [9.17, 15) is 0 Å². The van der Waals surface area contributed by atoms with Crippen molar-refractivity contribution in [3.63, 3.8) is 0 Å². The molecule has 0 atom stereocenters. The maximum absolute atomic E-state index is 7.49. The van der Waals surface area contributed by atoms with E-state index in [-0.39, 0.29) is 0 Å². The maximum atomic E-state index is 7.49. The molecule has 0 aliphatic rings. The molecule has 0 spiro atoms. The van der Waals surface area contributed by atoms with E-state index in [4.69, 9.17) is 5.41 Å². The molecule has 0 saturated carbocycles. The third-order valence-electron chi connectivity index (χ3n) is 1.33. The van der Waals surface area contributed by atoms with Crippen molar-refractivity contribution in [3.05, 3.63) is 0 Å². The molecular weight excluding hydrogens is 128 g/mol. The Hall–Kier alpha value is -0.770. The van der Waals surface area contributed by atoms with Crippen molar-refractivity contribution in [1.82, 2.24) is 14.9 Å². The van der Waals surface area contributed by atoms with Crippen molar-refractivity contribution in [2.45, 2.75) is 0 Å². The van der Waals surface area contributed by atoms with E-state index < -0.39 is 0 Å². The molecule has 0 amide bonds. The first-order valence-corrected chi connectivity index (χ1v) is 3.13. The van der Waals surface area contributed by atoms with E-state index in [1.165, 1.54) is 0 Å². The topological polar surface area (TPSA) is 33.6 Å². The third kappa shape index (κ3) is 2.23. The molecule has 0 aliphatic carbocycles. The monoisotopic (exact) mass is 144 g/mol. The average molecular weight is 144 g/mol. The number of hydrazine groups is 1. The molecule has 0 aromatic heterocycles. The molecule has 0 rings (SSSR count). The molecule has 4 nitrogen and oxygen atoms in total. The van der Waals surface area contributed by atoms with Crippen LogP contribution in [0.25, 0.3) is 0 Å². The van der Waals surface area contributed by atoms with Crippen molar-refractivity contribution >= 4 is 5.96 Å². The van der Waals surface area contributed by atoms with Gasteiger partial charge in [0.1, 0.15) is 0 Å². The maximum Gasteiger partial charge on any atom is 0.207 e. The minimum atomic E-state index is 0.477. The summed E-state index contributed by atoms with van der Waals surface area (Å²) >= 11 is 0. The highest BCUT2D eigenvalue weighted by atomic mass is 15.6. The van der Waals surface area contributed by atoms with E-state index in [2.05, 4.69) is 0 Å². The first-order valence-electron chi connectivity index (χ1n) is 3.13. The Kier molecular flexibility index (Phi) is 3.15. The van der Waals surface area contributed by atoms with Crippen molar-refractivity contribution in [1.29, 1.82) is 5.41 Å². The third-order valence-corrected chi connectivity index (χ3v) is 1.33. The Morgan fingerprint density at radius 3 is 1.50 bits per heavy atom. The minimum absolute atomic E-state index is 0.477. The Balaban J connectivity index is 3.95. The van der Waals surface area contributed by atoms with Gasteiger partial charge in [0.05, 0.1) is 0 Å². The van der Waals surface area contributed by atoms with Crippen molar-refractivity contribution in [3.8, 4) is 0 Å². The van der Waals surface area contributed by atoms with E-state index in [1.54, 1.807) is 9.91 Å². The van der Waals surface area contributed by atoms with E-state index in [0.29, 0.717) is 5.96 Å². The zero-order valence-electron chi connectivity index (χ0n) is 7.34. The summed E-state index contributed by atoms with van der Waals surface area (Å²) in [6.07, 6.45) is 0. The van der Waals surface area contributed by atoms with Crippen LogP contribution in [0.15, 0.2) is 0 Å². The fraction of sp³-hybridized carbons (Fsp3) is 0.833. The highest BCUT2D eigenvalue weighted by molar-refractivity contribution is 5.75. The number of nitrogens with one attached hydrogen (secondary N) is 1. The lowest BCUT2D eigenvalue weighted by molar-refractivity contribution is 0.126. The molecule has 60 valence electrons. The number of nitrogens with zero attached hydrogens (tertiary/aromatic N) is 3. The van der Waals surface area contributed by atoms with Crippen LogP contribution in [0.4, 0.5) is 0 Å². The Labute approximate surface area is 62.5 Å². The van der Waals surface area contributed by atoms with Crippen LogP contribution in [-0.2, 0) is 0 Å². The van der Waals surface area contributed by atoms with E-state index in [1.807, 2.05) is 40.2 Å². The largest absolute Gasteiger partial charge is 0.348 e. The van der Waals surface area contributed by atoms with Gasteiger partial charge in [-0.25, -0.2) is 5.01 Å². The fourth-order valence-electron chi connectivity index (χ4n) is 0.479. The molecule has 0 bridgehead atoms. The second kappa shape index (κ2) is 3.41. The van der Waals surface area contributed by atoms with Crippen LogP contribution in [-0.4, -0.2) is 56.1 Å². The fourth-order valence-corrected chi connectivity index (χ4v) is 0.479. The highest BCUT2D eigenvalue weighted by Gasteiger charge is 2.06. The second-order valence-corrected chi connectivity index (χ2v) is 2.59. The number of hydrogen-bond donors (Lipinski definition) is 1. The van der Waals surface area contributed by atoms with Gasteiger partial charge in [-0.2, -0.15) is 0 Å². The van der Waals surface area contributed by atoms with Gasteiger partial charge in [0, 0.05) is 35.2 Å². The molecule has 0 aromatic rings. The summed E-state index contributed by atoms with van der Waals surface area (Å²) in [7, 11) is 9.35. The predicted molar refractivity (Wildman–Crippen MR) is 42.9 cm³/mol. The quantitative estimate of drug-likeness (QED) is 0.317. The summed E-state index contributed by atoms with van der Waals surface area (Å²) < 4.78 is 0. The van der Waals surface area contributed by atoms with Gasteiger partial charge in [0.2, 0.25) is 5.96 Å². The smallest absolute Gasteiger partial charge is 0.207 e. The van der Waals surface area contributed by atoms with Crippen LogP contribution >= 0.6 is 0 Å². The minimum Gasteiger partial charge on any atom is -0.348 e. The van der Waals surface area contributed by atoms with Crippen molar-refractivity contribution in [2.75, 3.05) is 35.2 Å². The van der Waals surface area contributed by atoms with Crippen molar-refractivity contribution < 1.29 is 0 Å². The van der Waals surface area contributed by atoms with Gasteiger partial charge in [-0.05, 0) is 0 Å². The molecule has 10 heavy (non-hydrogen) atoms. The summed E-state index contributed by atoms with van der Waals surface area (Å²) in [6.45, 7) is 0. The zero-order chi connectivity index (χ0) is 8.31. The Morgan fingerprint density at radius 2 is 1.40 bits per heavy atom. The molecule has 4 heteroatoms. The normalized spacial score (nSPS) is 9.80. The molecular formula is C6H16N4. The lowest BCUT2D eigenvalue weighted by Gasteiger charge is -2.29. The SMILES string of the molecule is CN(C)C(=N)N(C)N(C)C. The lowest BCUT2D eigenvalue weighted by atomic mass is 10.7. The van der Waals surface area contributed by atoms with Gasteiger partial charge in [-0.1, -0.05) is 0 Å². The summed E-state index contributed by atoms with van der Waals surface area (Å²) in [5.74, 6) is 0.477. The van der Waals surface area contributed by atoms with Gasteiger partial charge in [-0.3, -0.25) is 10.4 Å². The van der Waals surface area contributed by atoms with Gasteiger partial charge in [0.25, 0.3) is 0 Å². The van der Waals surface area contributed by atoms with Gasteiger partial charge >= 0.3 is 0 Å². The molecule has 1 N–H and O–H groups in total. The van der Waals surface area contributed by atoms with E-state index in [0.717, 1.165) is 0 Å². The zero-order valence-corrected chi connectivity index (χ0v) is 7.34. The summed E-state index contributed by atoms with van der Waals surface area (Å²) in [5.41, 5.74) is 0. The number of guanidine groups is 1. The van der Waals surface area contributed by atoms with Crippen LogP contribution in [0.2, 0.25) is 0 Å². The van der Waals surface area contributed by atoms with Crippen LogP contribution in [0.1, 0.15) is 0 Å². The first kappa shape index (κ1) is 9.23. The highest BCUT2D eigenvalue weighted by Crippen LogP contribution is 1.89. The second-order valence-electron chi connectivity index (χ2n) is 2.59. The molecule has 0 aromatic carbocycles. The van der Waals surface area contributed by atoms with Gasteiger partial charge < -0.3 is 4.90 Å². The summed E-state index contributed by atoms with van der Waals surface area (Å²) in [5, 5.41) is 11.1. The van der Waals surface area contributed by atoms with Gasteiger partial charge in [-0.15, -0.1) is 0 Å². The van der Waals surface area contributed by atoms with Crippen LogP contribution < -0.4 is 0 Å². The Bertz CT molecular complexity index is 119. The van der Waals surface area contributed by atoms with Gasteiger partial charge in [0.15, 0.2) is 0 Å². The van der Waals surface area contributed by atoms with Crippen LogP contribution in [0, 0.1) is 5.41 Å². The molecule has 0 radical (unpaired) electrons. The molecule has 0 aliphatic heterocycles. The average Bonchev–Trinajstić information content (AvgIpc) is 1.84. The lowest BCUT2D eigenvalue weighted by Crippen LogP contribution is -2.44.